The Bertz CT molecular complexity index is 584. The van der Waals surface area contributed by atoms with E-state index >= 15 is 0 Å². The van der Waals surface area contributed by atoms with Crippen molar-refractivity contribution in [3.05, 3.63) is 30.5 Å². The molecular formula is C12H14N6. The third-order valence-electron chi connectivity index (χ3n) is 3.25. The van der Waals surface area contributed by atoms with Crippen LogP contribution in [0.1, 0.15) is 12.5 Å². The first-order valence-corrected chi connectivity index (χ1v) is 5.80. The fourth-order valence-corrected chi connectivity index (χ4v) is 2.19. The normalized spacial score (nSPS) is 18.1. The Labute approximate surface area is 105 Å². The zero-order valence-corrected chi connectivity index (χ0v) is 10.6. The van der Waals surface area contributed by atoms with Gasteiger partial charge < -0.3 is 4.90 Å². The molecule has 1 atom stereocenters. The van der Waals surface area contributed by atoms with Gasteiger partial charge in [0.25, 0.3) is 0 Å². The van der Waals surface area contributed by atoms with Gasteiger partial charge in [-0.2, -0.15) is 0 Å². The Morgan fingerprint density at radius 3 is 2.50 bits per heavy atom. The van der Waals surface area contributed by atoms with Crippen molar-refractivity contribution in [1.82, 2.24) is 19.9 Å². The van der Waals surface area contributed by atoms with Crippen LogP contribution in [0.4, 0.5) is 17.5 Å². The summed E-state index contributed by atoms with van der Waals surface area (Å²) >= 11 is 0. The summed E-state index contributed by atoms with van der Waals surface area (Å²) in [5.74, 6) is 2.60. The molecule has 0 saturated carbocycles. The van der Waals surface area contributed by atoms with Crippen LogP contribution in [0.15, 0.2) is 24.9 Å². The lowest BCUT2D eigenvalue weighted by molar-refractivity contribution is 0.717. The highest BCUT2D eigenvalue weighted by Gasteiger charge is 2.35. The molecule has 0 bridgehead atoms. The molecule has 1 aliphatic heterocycles. The number of fused-ring (bicyclic) bond motifs is 1. The van der Waals surface area contributed by atoms with Crippen LogP contribution in [-0.2, 0) is 0 Å². The van der Waals surface area contributed by atoms with Gasteiger partial charge in [0, 0.05) is 31.2 Å². The van der Waals surface area contributed by atoms with Gasteiger partial charge in [-0.1, -0.05) is 0 Å². The summed E-state index contributed by atoms with van der Waals surface area (Å²) in [4.78, 5) is 21.4. The summed E-state index contributed by atoms with van der Waals surface area (Å²) in [6.07, 6.45) is 6.91. The van der Waals surface area contributed by atoms with Gasteiger partial charge in [0.15, 0.2) is 11.6 Å². The van der Waals surface area contributed by atoms with E-state index in [0.717, 1.165) is 23.0 Å². The second kappa shape index (κ2) is 3.90. The number of aromatic nitrogens is 4. The van der Waals surface area contributed by atoms with Crippen LogP contribution in [0, 0.1) is 6.92 Å². The van der Waals surface area contributed by atoms with Crippen molar-refractivity contribution in [2.75, 3.05) is 16.8 Å². The maximum Gasteiger partial charge on any atom is 0.179 e. The molecule has 2 aromatic heterocycles. The molecule has 92 valence electrons. The molecular weight excluding hydrogens is 228 g/mol. The minimum absolute atomic E-state index is 0.135. The largest absolute Gasteiger partial charge is 0.336 e. The Hall–Kier alpha value is -2.24. The molecule has 6 heteroatoms. The topological polar surface area (TPSA) is 58.0 Å². The lowest BCUT2D eigenvalue weighted by Crippen LogP contribution is -2.36. The van der Waals surface area contributed by atoms with E-state index < -0.39 is 0 Å². The van der Waals surface area contributed by atoms with Crippen molar-refractivity contribution in [3.8, 4) is 0 Å². The quantitative estimate of drug-likeness (QED) is 0.755. The van der Waals surface area contributed by atoms with E-state index in [1.165, 1.54) is 0 Å². The van der Waals surface area contributed by atoms with Crippen LogP contribution in [0.3, 0.4) is 0 Å². The molecule has 0 fully saturated rings. The molecule has 1 aliphatic rings. The van der Waals surface area contributed by atoms with Crippen LogP contribution in [0.5, 0.6) is 0 Å². The summed E-state index contributed by atoms with van der Waals surface area (Å²) in [7, 11) is 2.01. The van der Waals surface area contributed by atoms with Crippen molar-refractivity contribution in [3.63, 3.8) is 0 Å². The second-order valence-electron chi connectivity index (χ2n) is 4.35. The molecule has 6 nitrogen and oxygen atoms in total. The SMILES string of the molecule is Cc1cncnc1N1c2nccnc2N(C)C1C. The van der Waals surface area contributed by atoms with Gasteiger partial charge in [-0.05, 0) is 13.8 Å². The molecule has 18 heavy (non-hydrogen) atoms. The van der Waals surface area contributed by atoms with Crippen LogP contribution in [0.2, 0.25) is 0 Å². The first kappa shape index (κ1) is 10.9. The molecule has 0 aliphatic carbocycles. The third kappa shape index (κ3) is 1.42. The van der Waals surface area contributed by atoms with E-state index in [2.05, 4.69) is 36.7 Å². The first-order valence-electron chi connectivity index (χ1n) is 5.80. The van der Waals surface area contributed by atoms with Crippen molar-refractivity contribution in [2.24, 2.45) is 0 Å². The Morgan fingerprint density at radius 2 is 1.78 bits per heavy atom. The molecule has 0 N–H and O–H groups in total. The highest BCUT2D eigenvalue weighted by Crippen LogP contribution is 2.39. The van der Waals surface area contributed by atoms with Crippen molar-refractivity contribution in [1.29, 1.82) is 0 Å². The van der Waals surface area contributed by atoms with E-state index in [0.29, 0.717) is 0 Å². The standard InChI is InChI=1S/C12H14N6/c1-8-6-13-7-16-10(8)18-9(2)17(3)11-12(18)15-5-4-14-11/h4-7,9H,1-3H3. The molecule has 3 rings (SSSR count). The highest BCUT2D eigenvalue weighted by atomic mass is 15.5. The first-order chi connectivity index (χ1) is 8.70. The lowest BCUT2D eigenvalue weighted by Gasteiger charge is -2.26. The monoisotopic (exact) mass is 242 g/mol. The van der Waals surface area contributed by atoms with Gasteiger partial charge >= 0.3 is 0 Å². The average molecular weight is 242 g/mol. The molecule has 0 radical (unpaired) electrons. The van der Waals surface area contributed by atoms with Gasteiger partial charge in [-0.3, -0.25) is 4.90 Å². The number of aryl methyl sites for hydroxylation is 1. The summed E-state index contributed by atoms with van der Waals surface area (Å²) in [6.45, 7) is 4.10. The van der Waals surface area contributed by atoms with E-state index in [-0.39, 0.29) is 6.17 Å². The smallest absolute Gasteiger partial charge is 0.179 e. The maximum absolute atomic E-state index is 4.42. The fourth-order valence-electron chi connectivity index (χ4n) is 2.19. The van der Waals surface area contributed by atoms with Gasteiger partial charge in [0.2, 0.25) is 0 Å². The fraction of sp³-hybridized carbons (Fsp3) is 0.333. The molecule has 0 amide bonds. The summed E-state index contributed by atoms with van der Waals surface area (Å²) in [5.41, 5.74) is 1.02. The number of rotatable bonds is 1. The van der Waals surface area contributed by atoms with E-state index in [4.69, 9.17) is 0 Å². The number of nitrogens with zero attached hydrogens (tertiary/aromatic N) is 6. The predicted molar refractivity (Wildman–Crippen MR) is 68.8 cm³/mol. The van der Waals surface area contributed by atoms with Gasteiger partial charge in [0.05, 0.1) is 0 Å². The molecule has 2 aromatic rings. The van der Waals surface area contributed by atoms with Gasteiger partial charge in [-0.25, -0.2) is 19.9 Å². The molecule has 0 spiro atoms. The summed E-state index contributed by atoms with van der Waals surface area (Å²) in [6, 6.07) is 0. The van der Waals surface area contributed by atoms with E-state index in [1.54, 1.807) is 18.7 Å². The minimum Gasteiger partial charge on any atom is -0.336 e. The Morgan fingerprint density at radius 1 is 1.06 bits per heavy atom. The zero-order valence-electron chi connectivity index (χ0n) is 10.6. The number of anilines is 3. The van der Waals surface area contributed by atoms with Crippen molar-refractivity contribution >= 4 is 17.5 Å². The second-order valence-corrected chi connectivity index (χ2v) is 4.35. The highest BCUT2D eigenvalue weighted by molar-refractivity contribution is 5.76. The summed E-state index contributed by atoms with van der Waals surface area (Å²) in [5, 5.41) is 0. The summed E-state index contributed by atoms with van der Waals surface area (Å²) < 4.78 is 0. The van der Waals surface area contributed by atoms with Crippen LogP contribution in [-0.4, -0.2) is 33.1 Å². The van der Waals surface area contributed by atoms with E-state index in [9.17, 15) is 0 Å². The van der Waals surface area contributed by atoms with Gasteiger partial charge in [0.1, 0.15) is 18.3 Å². The zero-order chi connectivity index (χ0) is 12.7. The van der Waals surface area contributed by atoms with Crippen LogP contribution in [0.25, 0.3) is 0 Å². The number of hydrogen-bond donors (Lipinski definition) is 0. The average Bonchev–Trinajstić information content (AvgIpc) is 2.64. The number of hydrogen-bond acceptors (Lipinski definition) is 6. The van der Waals surface area contributed by atoms with Gasteiger partial charge in [-0.15, -0.1) is 0 Å². The van der Waals surface area contributed by atoms with Crippen LogP contribution >= 0.6 is 0 Å². The lowest BCUT2D eigenvalue weighted by atomic mass is 10.3. The van der Waals surface area contributed by atoms with Crippen molar-refractivity contribution < 1.29 is 0 Å². The minimum atomic E-state index is 0.135. The predicted octanol–water partition coefficient (Wildman–Crippen LogP) is 1.51. The van der Waals surface area contributed by atoms with E-state index in [1.807, 2.05) is 20.2 Å². The molecule has 3 heterocycles. The molecule has 0 aromatic carbocycles. The van der Waals surface area contributed by atoms with Crippen LogP contribution < -0.4 is 9.80 Å². The maximum atomic E-state index is 4.42. The van der Waals surface area contributed by atoms with Crippen molar-refractivity contribution in [2.45, 2.75) is 20.0 Å². The third-order valence-corrected chi connectivity index (χ3v) is 3.25. The molecule has 0 saturated heterocycles. The molecule has 1 unspecified atom stereocenters. The Kier molecular flexibility index (Phi) is 2.36. The Balaban J connectivity index is 2.16.